The van der Waals surface area contributed by atoms with Crippen molar-refractivity contribution in [1.29, 1.82) is 5.41 Å². The van der Waals surface area contributed by atoms with Crippen LogP contribution in [0.2, 0.25) is 0 Å². The van der Waals surface area contributed by atoms with Gasteiger partial charge in [-0.2, -0.15) is 13.2 Å². The summed E-state index contributed by atoms with van der Waals surface area (Å²) in [6, 6.07) is 8.84. The number of benzene rings is 1. The molecule has 0 aliphatic carbocycles. The van der Waals surface area contributed by atoms with Crippen molar-refractivity contribution in [2.24, 2.45) is 0 Å². The van der Waals surface area contributed by atoms with E-state index in [2.05, 4.69) is 10.3 Å². The van der Waals surface area contributed by atoms with Crippen molar-refractivity contribution in [3.63, 3.8) is 0 Å². The minimum Gasteiger partial charge on any atom is -0.465 e. The lowest BCUT2D eigenvalue weighted by Crippen LogP contribution is -2.28. The molecule has 1 aromatic carbocycles. The van der Waals surface area contributed by atoms with E-state index in [1.54, 1.807) is 13.0 Å². The number of carbonyl (C=O) groups excluding carboxylic acids is 1. The fraction of sp³-hybridized carbons (Fsp3) is 0.263. The number of hydrogen-bond acceptors (Lipinski definition) is 6. The highest BCUT2D eigenvalue weighted by molar-refractivity contribution is 7.90. The number of alkyl halides is 3. The molecule has 7 nitrogen and oxygen atoms in total. The summed E-state index contributed by atoms with van der Waals surface area (Å²) in [6.07, 6.45) is -3.96. The first-order valence-corrected chi connectivity index (χ1v) is 11.1. The molecule has 0 radical (unpaired) electrons. The molecule has 0 aliphatic heterocycles. The average molecular weight is 478 g/mol. The van der Waals surface area contributed by atoms with Crippen LogP contribution in [0.25, 0.3) is 17.0 Å². The van der Waals surface area contributed by atoms with Gasteiger partial charge in [0.2, 0.25) is 0 Å². The van der Waals surface area contributed by atoms with E-state index in [0.717, 1.165) is 6.26 Å². The Hall–Kier alpha value is -2.79. The molecular weight excluding hydrogens is 459 g/mol. The molecule has 0 amide bonds. The van der Waals surface area contributed by atoms with E-state index in [9.17, 15) is 26.4 Å². The molecule has 0 saturated carbocycles. The SMILES string of the molecule is CCOC(=O)CN/C(=C(/Cl)C(=N)C(F)(F)F)c1ccc(-c2cccc(S(C)(=O)=O)c2)[nH]1. The Balaban J connectivity index is 2.48. The largest absolute Gasteiger partial charge is 0.465 e. The van der Waals surface area contributed by atoms with Crippen molar-refractivity contribution in [3.8, 4) is 11.3 Å². The first-order valence-electron chi connectivity index (χ1n) is 8.79. The zero-order valence-electron chi connectivity index (χ0n) is 16.4. The lowest BCUT2D eigenvalue weighted by molar-refractivity contribution is -0.141. The zero-order valence-corrected chi connectivity index (χ0v) is 18.0. The summed E-state index contributed by atoms with van der Waals surface area (Å²) in [5.41, 5.74) is -1.22. The smallest absolute Gasteiger partial charge is 0.434 e. The molecule has 2 rings (SSSR count). The van der Waals surface area contributed by atoms with Crippen molar-refractivity contribution in [1.82, 2.24) is 10.3 Å². The molecule has 0 aliphatic rings. The Morgan fingerprint density at radius 3 is 2.52 bits per heavy atom. The Morgan fingerprint density at radius 2 is 1.94 bits per heavy atom. The lowest BCUT2D eigenvalue weighted by atomic mass is 10.2. The third-order valence-corrected chi connectivity index (χ3v) is 5.45. The summed E-state index contributed by atoms with van der Waals surface area (Å²) in [4.78, 5) is 14.5. The number of halogens is 4. The van der Waals surface area contributed by atoms with Gasteiger partial charge in [0, 0.05) is 11.9 Å². The second kappa shape index (κ2) is 9.56. The van der Waals surface area contributed by atoms with E-state index >= 15 is 0 Å². The highest BCUT2D eigenvalue weighted by Crippen LogP contribution is 2.30. The van der Waals surface area contributed by atoms with Crippen molar-refractivity contribution < 1.29 is 31.1 Å². The van der Waals surface area contributed by atoms with Gasteiger partial charge < -0.3 is 15.0 Å². The number of rotatable bonds is 8. The average Bonchev–Trinajstić information content (AvgIpc) is 3.16. The molecule has 168 valence electrons. The molecule has 0 spiro atoms. The minimum atomic E-state index is -5.01. The summed E-state index contributed by atoms with van der Waals surface area (Å²) in [7, 11) is -3.47. The third kappa shape index (κ3) is 6.34. The van der Waals surface area contributed by atoms with Crippen molar-refractivity contribution >= 4 is 38.8 Å². The molecule has 0 unspecified atom stereocenters. The van der Waals surface area contributed by atoms with Gasteiger partial charge in [-0.1, -0.05) is 23.7 Å². The number of esters is 1. The predicted octanol–water partition coefficient (Wildman–Crippen LogP) is 3.73. The van der Waals surface area contributed by atoms with Crippen LogP contribution < -0.4 is 5.32 Å². The lowest BCUT2D eigenvalue weighted by Gasteiger charge is -2.14. The predicted molar refractivity (Wildman–Crippen MR) is 111 cm³/mol. The topological polar surface area (TPSA) is 112 Å². The van der Waals surface area contributed by atoms with Crippen LogP contribution in [0.1, 0.15) is 12.6 Å². The number of hydrogen-bond donors (Lipinski definition) is 3. The van der Waals surface area contributed by atoms with Crippen molar-refractivity contribution in [2.75, 3.05) is 19.4 Å². The van der Waals surface area contributed by atoms with Gasteiger partial charge in [0.05, 0.1) is 27.9 Å². The summed E-state index contributed by atoms with van der Waals surface area (Å²) >= 11 is 5.84. The van der Waals surface area contributed by atoms with Gasteiger partial charge in [0.1, 0.15) is 6.54 Å². The van der Waals surface area contributed by atoms with Gasteiger partial charge in [-0.15, -0.1) is 0 Å². The summed E-state index contributed by atoms with van der Waals surface area (Å²) in [5.74, 6) is -0.726. The Morgan fingerprint density at radius 1 is 1.26 bits per heavy atom. The minimum absolute atomic E-state index is 0.0584. The number of ether oxygens (including phenoxy) is 1. The summed E-state index contributed by atoms with van der Waals surface area (Å²) < 4.78 is 67.3. The number of allylic oxidation sites excluding steroid dienone is 1. The number of aromatic amines is 1. The van der Waals surface area contributed by atoms with Crippen molar-refractivity contribution in [3.05, 3.63) is 47.1 Å². The third-order valence-electron chi connectivity index (χ3n) is 3.97. The van der Waals surface area contributed by atoms with Gasteiger partial charge in [0.15, 0.2) is 15.5 Å². The Labute approximate surface area is 181 Å². The van der Waals surface area contributed by atoms with Crippen LogP contribution in [0.3, 0.4) is 0 Å². The molecule has 1 aromatic heterocycles. The van der Waals surface area contributed by atoms with Gasteiger partial charge >= 0.3 is 12.1 Å². The Bertz CT molecular complexity index is 1120. The number of carbonyl (C=O) groups is 1. The molecule has 0 saturated heterocycles. The van der Waals surface area contributed by atoms with E-state index in [4.69, 9.17) is 21.7 Å². The summed E-state index contributed by atoms with van der Waals surface area (Å²) in [6.45, 7) is 1.17. The van der Waals surface area contributed by atoms with Gasteiger partial charge in [-0.25, -0.2) is 8.42 Å². The van der Waals surface area contributed by atoms with E-state index in [1.165, 1.54) is 30.3 Å². The first kappa shape index (κ1) is 24.5. The number of aromatic nitrogens is 1. The molecule has 0 atom stereocenters. The molecule has 12 heteroatoms. The van der Waals surface area contributed by atoms with Crippen LogP contribution in [0.4, 0.5) is 13.2 Å². The standard InChI is InChI=1S/C19H19ClF3N3O4S/c1-3-30-15(27)10-25-17(16(20)18(24)19(21,22)23)14-8-7-13(26-14)11-5-4-6-12(9-11)31(2,28)29/h4-9,24-26H,3,10H2,1-2H3/b17-16+,24-18?. The van der Waals surface area contributed by atoms with Crippen LogP contribution in [0, 0.1) is 5.41 Å². The van der Waals surface area contributed by atoms with Gasteiger partial charge in [-0.3, -0.25) is 10.2 Å². The molecule has 0 bridgehead atoms. The van der Waals surface area contributed by atoms with Crippen molar-refractivity contribution in [2.45, 2.75) is 18.0 Å². The zero-order chi connectivity index (χ0) is 23.4. The Kier molecular flexibility index (Phi) is 7.55. The molecule has 1 heterocycles. The first-order chi connectivity index (χ1) is 14.3. The summed E-state index contributed by atoms with van der Waals surface area (Å²) in [5, 5.41) is 8.84. The fourth-order valence-corrected chi connectivity index (χ4v) is 3.46. The van der Waals surface area contributed by atoms with E-state index in [0.29, 0.717) is 11.3 Å². The number of H-pyrrole nitrogens is 1. The molecule has 0 fully saturated rings. The van der Waals surface area contributed by atoms with Crippen LogP contribution in [-0.4, -0.2) is 50.7 Å². The normalized spacial score (nSPS) is 12.8. The second-order valence-corrected chi connectivity index (χ2v) is 8.70. The maximum absolute atomic E-state index is 13.0. The van der Waals surface area contributed by atoms with E-state index in [-0.39, 0.29) is 22.9 Å². The highest BCUT2D eigenvalue weighted by atomic mass is 35.5. The monoisotopic (exact) mass is 477 g/mol. The van der Waals surface area contributed by atoms with Crippen LogP contribution in [0.5, 0.6) is 0 Å². The fourth-order valence-electron chi connectivity index (χ4n) is 2.52. The second-order valence-electron chi connectivity index (χ2n) is 6.31. The quantitative estimate of drug-likeness (QED) is 0.396. The maximum atomic E-state index is 13.0. The van der Waals surface area contributed by atoms with E-state index in [1.807, 2.05) is 0 Å². The van der Waals surface area contributed by atoms with Gasteiger partial charge in [0.25, 0.3) is 0 Å². The van der Waals surface area contributed by atoms with Crippen LogP contribution in [0.15, 0.2) is 46.3 Å². The van der Waals surface area contributed by atoms with Crippen LogP contribution in [-0.2, 0) is 19.4 Å². The van der Waals surface area contributed by atoms with Gasteiger partial charge in [-0.05, 0) is 36.8 Å². The molecule has 2 aromatic rings. The number of nitrogens with one attached hydrogen (secondary N) is 3. The van der Waals surface area contributed by atoms with Crippen LogP contribution >= 0.6 is 11.6 Å². The van der Waals surface area contributed by atoms with E-state index < -0.39 is 39.3 Å². The maximum Gasteiger partial charge on any atom is 0.434 e. The molecule has 31 heavy (non-hydrogen) atoms. The molecular formula is C19H19ClF3N3O4S. The number of sulfone groups is 1. The highest BCUT2D eigenvalue weighted by Gasteiger charge is 2.38. The molecule has 3 N–H and O–H groups in total.